The summed E-state index contributed by atoms with van der Waals surface area (Å²) in [5, 5.41) is 17.6. The third kappa shape index (κ3) is 2.61. The number of aromatic hydroxyl groups is 1. The molecule has 6 rings (SSSR count). The molecular weight excluding hydrogens is 366 g/mol. The highest BCUT2D eigenvalue weighted by Crippen LogP contribution is 2.41. The normalized spacial score (nSPS) is 16.8. The van der Waals surface area contributed by atoms with Crippen molar-refractivity contribution >= 4 is 33.2 Å². The summed E-state index contributed by atoms with van der Waals surface area (Å²) in [4.78, 5) is 4.51. The van der Waals surface area contributed by atoms with Gasteiger partial charge in [-0.25, -0.2) is 0 Å². The molecule has 2 aliphatic rings. The zero-order valence-electron chi connectivity index (χ0n) is 16.6. The Bertz CT molecular complexity index is 1520. The van der Waals surface area contributed by atoms with Crippen LogP contribution < -0.4 is 10.6 Å². The topological polar surface area (TPSA) is 32.6 Å². The van der Waals surface area contributed by atoms with Crippen molar-refractivity contribution in [1.82, 2.24) is 0 Å². The molecule has 0 saturated heterocycles. The van der Waals surface area contributed by atoms with Crippen molar-refractivity contribution in [3.05, 3.63) is 106 Å². The first-order valence-electron chi connectivity index (χ1n) is 10.5. The summed E-state index contributed by atoms with van der Waals surface area (Å²) in [7, 11) is 0. The molecular formula is C28H21NO. The largest absolute Gasteiger partial charge is 0.507 e. The summed E-state index contributed by atoms with van der Waals surface area (Å²) < 4.78 is 0. The molecule has 4 aromatic rings. The first-order chi connectivity index (χ1) is 14.8. The van der Waals surface area contributed by atoms with E-state index < -0.39 is 0 Å². The molecule has 1 N–H and O–H groups in total. The van der Waals surface area contributed by atoms with E-state index in [9.17, 15) is 5.11 Å². The molecule has 0 spiro atoms. The molecule has 0 aromatic heterocycles. The second-order valence-corrected chi connectivity index (χ2v) is 8.07. The van der Waals surface area contributed by atoms with Crippen LogP contribution in [0.15, 0.2) is 84.0 Å². The molecule has 1 aliphatic carbocycles. The van der Waals surface area contributed by atoms with Gasteiger partial charge in [-0.15, -0.1) is 0 Å². The number of rotatable bonds is 0. The van der Waals surface area contributed by atoms with Gasteiger partial charge in [0.15, 0.2) is 0 Å². The number of phenols is 1. The van der Waals surface area contributed by atoms with Crippen LogP contribution in [0.1, 0.15) is 29.5 Å². The number of hydrogen-bond donors (Lipinski definition) is 1. The predicted molar refractivity (Wildman–Crippen MR) is 124 cm³/mol. The van der Waals surface area contributed by atoms with Crippen LogP contribution in [-0.4, -0.2) is 5.11 Å². The van der Waals surface area contributed by atoms with Gasteiger partial charge in [-0.1, -0.05) is 54.6 Å². The molecule has 2 heteroatoms. The van der Waals surface area contributed by atoms with Crippen molar-refractivity contribution in [3.63, 3.8) is 0 Å². The summed E-state index contributed by atoms with van der Waals surface area (Å²) in [6, 6.07) is 21.2. The fourth-order valence-corrected chi connectivity index (χ4v) is 5.00. The Kier molecular flexibility index (Phi) is 3.85. The quantitative estimate of drug-likeness (QED) is 0.403. The van der Waals surface area contributed by atoms with Crippen molar-refractivity contribution < 1.29 is 5.11 Å². The fraction of sp³-hybridized carbons (Fsp3) is 0.107. The lowest BCUT2D eigenvalue weighted by Crippen LogP contribution is -2.17. The number of benzene rings is 4. The Morgan fingerprint density at radius 2 is 1.77 bits per heavy atom. The highest BCUT2D eigenvalue weighted by molar-refractivity contribution is 6.12. The molecule has 144 valence electrons. The Morgan fingerprint density at radius 3 is 2.73 bits per heavy atom. The highest BCUT2D eigenvalue weighted by Gasteiger charge is 2.20. The minimum Gasteiger partial charge on any atom is -0.507 e. The number of aryl methyl sites for hydroxylation is 1. The van der Waals surface area contributed by atoms with Crippen LogP contribution in [0.2, 0.25) is 0 Å². The average molecular weight is 387 g/mol. The Labute approximate surface area is 174 Å². The lowest BCUT2D eigenvalue weighted by molar-refractivity contribution is 0.482. The van der Waals surface area contributed by atoms with Crippen molar-refractivity contribution in [2.75, 3.05) is 0 Å². The number of phenolic OH excluding ortho intramolecular Hbond substituents is 1. The molecule has 1 aliphatic heterocycles. The van der Waals surface area contributed by atoms with Gasteiger partial charge in [-0.3, -0.25) is 4.99 Å². The van der Waals surface area contributed by atoms with Crippen molar-refractivity contribution in [3.8, 4) is 5.75 Å². The van der Waals surface area contributed by atoms with Crippen LogP contribution in [0.25, 0.3) is 33.2 Å². The van der Waals surface area contributed by atoms with Gasteiger partial charge in [0.2, 0.25) is 0 Å². The molecule has 0 radical (unpaired) electrons. The molecule has 2 nitrogen and oxygen atoms in total. The van der Waals surface area contributed by atoms with E-state index in [4.69, 9.17) is 0 Å². The number of hydrogen-bond acceptors (Lipinski definition) is 2. The molecule has 0 unspecified atom stereocenters. The maximum absolute atomic E-state index is 10.9. The van der Waals surface area contributed by atoms with Gasteiger partial charge in [0.05, 0.1) is 5.36 Å². The third-order valence-corrected chi connectivity index (χ3v) is 6.35. The lowest BCUT2D eigenvalue weighted by Gasteiger charge is -2.22. The third-order valence-electron chi connectivity index (χ3n) is 6.35. The van der Waals surface area contributed by atoms with E-state index in [0.29, 0.717) is 5.75 Å². The van der Waals surface area contributed by atoms with Gasteiger partial charge >= 0.3 is 0 Å². The van der Waals surface area contributed by atoms with Gasteiger partial charge in [0.1, 0.15) is 5.75 Å². The summed E-state index contributed by atoms with van der Waals surface area (Å²) in [5.41, 5.74) is 5.05. The van der Waals surface area contributed by atoms with Gasteiger partial charge in [0.25, 0.3) is 0 Å². The van der Waals surface area contributed by atoms with Crippen molar-refractivity contribution in [2.45, 2.75) is 19.3 Å². The van der Waals surface area contributed by atoms with Gasteiger partial charge in [-0.05, 0) is 81.6 Å². The standard InChI is InChI=1S/C28H21NO/c30-27-17-18-6-1-2-8-22(18)25-13-12-23-21(9-5-10-24(23)28(25)27)19-11-14-26-20(16-19)7-3-4-15-29-26/h1-4,6-8,11-17,30H,5,9-10H2. The lowest BCUT2D eigenvalue weighted by atomic mass is 9.82. The molecule has 4 aromatic carbocycles. The number of allylic oxidation sites excluding steroid dienone is 2. The van der Waals surface area contributed by atoms with E-state index >= 15 is 0 Å². The SMILES string of the molecule is Oc1cc2ccccc2c2ccc3c(c12)CCCC3=c1ccc2c(c1)C=CC=CN=2. The van der Waals surface area contributed by atoms with Crippen LogP contribution in [0.3, 0.4) is 0 Å². The number of fused-ring (bicyclic) bond motifs is 6. The summed E-state index contributed by atoms with van der Waals surface area (Å²) in [6.07, 6.45) is 11.1. The molecule has 0 fully saturated rings. The zero-order valence-corrected chi connectivity index (χ0v) is 16.6. The van der Waals surface area contributed by atoms with Crippen LogP contribution in [0.4, 0.5) is 0 Å². The summed E-state index contributed by atoms with van der Waals surface area (Å²) >= 11 is 0. The zero-order chi connectivity index (χ0) is 20.1. The van der Waals surface area contributed by atoms with Crippen molar-refractivity contribution in [1.29, 1.82) is 0 Å². The monoisotopic (exact) mass is 387 g/mol. The van der Waals surface area contributed by atoms with E-state index in [1.807, 2.05) is 30.5 Å². The minimum absolute atomic E-state index is 0.386. The van der Waals surface area contributed by atoms with E-state index in [0.717, 1.165) is 46.3 Å². The Hall–Kier alpha value is -3.65. The maximum atomic E-state index is 10.9. The molecule has 1 heterocycles. The number of nitrogens with zero attached hydrogens (tertiary/aromatic N) is 1. The van der Waals surface area contributed by atoms with Crippen molar-refractivity contribution in [2.24, 2.45) is 4.99 Å². The molecule has 0 bridgehead atoms. The van der Waals surface area contributed by atoms with Gasteiger partial charge in [0, 0.05) is 17.1 Å². The summed E-state index contributed by atoms with van der Waals surface area (Å²) in [5.74, 6) is 0.386. The summed E-state index contributed by atoms with van der Waals surface area (Å²) in [6.45, 7) is 0. The molecule has 0 amide bonds. The Morgan fingerprint density at radius 1 is 0.833 bits per heavy atom. The van der Waals surface area contributed by atoms with E-state index in [1.54, 1.807) is 0 Å². The molecule has 30 heavy (non-hydrogen) atoms. The first-order valence-corrected chi connectivity index (χ1v) is 10.5. The smallest absolute Gasteiger partial charge is 0.124 e. The second-order valence-electron chi connectivity index (χ2n) is 8.07. The van der Waals surface area contributed by atoms with Crippen LogP contribution >= 0.6 is 0 Å². The van der Waals surface area contributed by atoms with Crippen LogP contribution in [0.5, 0.6) is 5.75 Å². The highest BCUT2D eigenvalue weighted by atomic mass is 16.3. The average Bonchev–Trinajstić information content (AvgIpc) is 3.03. The van der Waals surface area contributed by atoms with E-state index in [2.05, 4.69) is 59.6 Å². The van der Waals surface area contributed by atoms with Gasteiger partial charge < -0.3 is 5.11 Å². The first kappa shape index (κ1) is 17.2. The Balaban J connectivity index is 1.66. The molecule has 0 saturated carbocycles. The fourth-order valence-electron chi connectivity index (χ4n) is 5.00. The van der Waals surface area contributed by atoms with Crippen LogP contribution in [0, 0.1) is 0 Å². The second kappa shape index (κ2) is 6.70. The van der Waals surface area contributed by atoms with E-state index in [-0.39, 0.29) is 0 Å². The van der Waals surface area contributed by atoms with Crippen LogP contribution in [-0.2, 0) is 6.42 Å². The van der Waals surface area contributed by atoms with Gasteiger partial charge in [-0.2, -0.15) is 0 Å². The maximum Gasteiger partial charge on any atom is 0.124 e. The minimum atomic E-state index is 0.386. The molecule has 0 atom stereocenters. The predicted octanol–water partition coefficient (Wildman–Crippen LogP) is 5.39. The van der Waals surface area contributed by atoms with E-state index in [1.165, 1.54) is 27.3 Å².